The van der Waals surface area contributed by atoms with Crippen LogP contribution in [-0.2, 0) is 4.74 Å². The number of carboxylic acids is 1. The lowest BCUT2D eigenvalue weighted by Gasteiger charge is -2.23. The van der Waals surface area contributed by atoms with E-state index in [4.69, 9.17) is 16.3 Å². The average molecular weight is 313 g/mol. The van der Waals surface area contributed by atoms with Crippen LogP contribution in [-0.4, -0.2) is 24.3 Å². The summed E-state index contributed by atoms with van der Waals surface area (Å²) < 4.78 is 5.75. The maximum absolute atomic E-state index is 11.4. The molecule has 0 heterocycles. The summed E-state index contributed by atoms with van der Waals surface area (Å²) in [5.74, 6) is -0.0425. The quantitative estimate of drug-likeness (QED) is 0.747. The standard InChI is InChI=1S/C17H25ClO3/c1-11(2)8-13(10-21-9-12(3)4)16-14(17(19)20)6-5-7-15(16)18/h5-7,11-13H,8-10H2,1-4H3,(H,19,20). The lowest BCUT2D eigenvalue weighted by atomic mass is 9.88. The van der Waals surface area contributed by atoms with Gasteiger partial charge in [0.05, 0.1) is 12.2 Å². The van der Waals surface area contributed by atoms with E-state index in [9.17, 15) is 9.90 Å². The van der Waals surface area contributed by atoms with Gasteiger partial charge in [0, 0.05) is 17.5 Å². The highest BCUT2D eigenvalue weighted by Gasteiger charge is 2.23. The molecule has 0 aromatic heterocycles. The molecule has 0 bridgehead atoms. The summed E-state index contributed by atoms with van der Waals surface area (Å²) in [5, 5.41) is 9.90. The van der Waals surface area contributed by atoms with Crippen molar-refractivity contribution in [1.82, 2.24) is 0 Å². The molecule has 0 aliphatic heterocycles. The van der Waals surface area contributed by atoms with E-state index in [1.54, 1.807) is 18.2 Å². The van der Waals surface area contributed by atoms with Crippen LogP contribution in [0.3, 0.4) is 0 Å². The van der Waals surface area contributed by atoms with Gasteiger partial charge in [-0.05, 0) is 36.0 Å². The van der Waals surface area contributed by atoms with Crippen molar-refractivity contribution in [2.24, 2.45) is 11.8 Å². The van der Waals surface area contributed by atoms with E-state index in [1.807, 2.05) is 0 Å². The zero-order valence-corrected chi connectivity index (χ0v) is 14.0. The number of carbonyl (C=O) groups is 1. The van der Waals surface area contributed by atoms with Crippen LogP contribution in [0.15, 0.2) is 18.2 Å². The minimum absolute atomic E-state index is 0.00329. The lowest BCUT2D eigenvalue weighted by molar-refractivity contribution is 0.0689. The molecule has 0 fully saturated rings. The first-order valence-electron chi connectivity index (χ1n) is 7.42. The molecule has 0 saturated heterocycles. The molecule has 118 valence electrons. The third kappa shape index (κ3) is 5.68. The number of benzene rings is 1. The topological polar surface area (TPSA) is 46.5 Å². The first kappa shape index (κ1) is 18.0. The molecule has 0 aliphatic rings. The molecular formula is C17H25ClO3. The number of halogens is 1. The Balaban J connectivity index is 3.04. The molecule has 1 atom stereocenters. The normalized spacial score (nSPS) is 12.9. The van der Waals surface area contributed by atoms with Crippen LogP contribution < -0.4 is 0 Å². The number of hydrogen-bond acceptors (Lipinski definition) is 2. The van der Waals surface area contributed by atoms with Gasteiger partial charge in [0.1, 0.15) is 0 Å². The highest BCUT2D eigenvalue weighted by molar-refractivity contribution is 6.31. The second-order valence-corrected chi connectivity index (χ2v) is 6.67. The molecule has 0 spiro atoms. The van der Waals surface area contributed by atoms with E-state index in [2.05, 4.69) is 27.7 Å². The molecule has 3 nitrogen and oxygen atoms in total. The smallest absolute Gasteiger partial charge is 0.336 e. The van der Waals surface area contributed by atoms with Crippen LogP contribution in [0.2, 0.25) is 5.02 Å². The molecular weight excluding hydrogens is 288 g/mol. The van der Waals surface area contributed by atoms with Crippen LogP contribution in [0, 0.1) is 11.8 Å². The summed E-state index contributed by atoms with van der Waals surface area (Å²) in [6.07, 6.45) is 0.849. The third-order valence-corrected chi connectivity index (χ3v) is 3.55. The highest BCUT2D eigenvalue weighted by atomic mass is 35.5. The van der Waals surface area contributed by atoms with Crippen molar-refractivity contribution < 1.29 is 14.6 Å². The summed E-state index contributed by atoms with van der Waals surface area (Å²) in [4.78, 5) is 11.4. The van der Waals surface area contributed by atoms with E-state index in [1.165, 1.54) is 0 Å². The van der Waals surface area contributed by atoms with Crippen LogP contribution in [0.4, 0.5) is 0 Å². The summed E-state index contributed by atoms with van der Waals surface area (Å²) >= 11 is 6.27. The maximum atomic E-state index is 11.4. The molecule has 1 aromatic rings. The van der Waals surface area contributed by atoms with E-state index in [-0.39, 0.29) is 11.5 Å². The Morgan fingerprint density at radius 3 is 2.38 bits per heavy atom. The average Bonchev–Trinajstić information content (AvgIpc) is 2.36. The number of ether oxygens (including phenoxy) is 1. The van der Waals surface area contributed by atoms with Gasteiger partial charge in [-0.1, -0.05) is 45.4 Å². The van der Waals surface area contributed by atoms with Crippen LogP contribution in [0.5, 0.6) is 0 Å². The van der Waals surface area contributed by atoms with Crippen molar-refractivity contribution in [2.45, 2.75) is 40.0 Å². The second-order valence-electron chi connectivity index (χ2n) is 6.26. The summed E-state index contributed by atoms with van der Waals surface area (Å²) in [6.45, 7) is 9.59. The van der Waals surface area contributed by atoms with Gasteiger partial charge in [0.25, 0.3) is 0 Å². The Morgan fingerprint density at radius 2 is 1.86 bits per heavy atom. The SMILES string of the molecule is CC(C)COCC(CC(C)C)c1c(Cl)cccc1C(=O)O. The van der Waals surface area contributed by atoms with E-state index < -0.39 is 5.97 Å². The third-order valence-electron chi connectivity index (χ3n) is 3.22. The predicted octanol–water partition coefficient (Wildman–Crippen LogP) is 4.84. The Labute approximate surface area is 132 Å². The molecule has 21 heavy (non-hydrogen) atoms. The first-order chi connectivity index (χ1) is 9.82. The fourth-order valence-corrected chi connectivity index (χ4v) is 2.75. The lowest BCUT2D eigenvalue weighted by Crippen LogP contribution is -2.17. The minimum atomic E-state index is -0.940. The van der Waals surface area contributed by atoms with Crippen LogP contribution in [0.25, 0.3) is 0 Å². The monoisotopic (exact) mass is 312 g/mol. The Morgan fingerprint density at radius 1 is 1.19 bits per heavy atom. The second kappa shape index (κ2) is 8.40. The number of hydrogen-bond donors (Lipinski definition) is 1. The minimum Gasteiger partial charge on any atom is -0.478 e. The van der Waals surface area contributed by atoms with E-state index in [0.717, 1.165) is 6.42 Å². The first-order valence-corrected chi connectivity index (χ1v) is 7.80. The number of aromatic carboxylic acids is 1. The van der Waals surface area contributed by atoms with Crippen LogP contribution in [0.1, 0.15) is 56.0 Å². The highest BCUT2D eigenvalue weighted by Crippen LogP contribution is 2.33. The number of rotatable bonds is 8. The van der Waals surface area contributed by atoms with Gasteiger partial charge in [0.2, 0.25) is 0 Å². The summed E-state index contributed by atoms with van der Waals surface area (Å²) in [7, 11) is 0. The zero-order valence-electron chi connectivity index (χ0n) is 13.2. The molecule has 1 N–H and O–H groups in total. The van der Waals surface area contributed by atoms with E-state index in [0.29, 0.717) is 35.6 Å². The molecule has 0 radical (unpaired) electrons. The predicted molar refractivity (Wildman–Crippen MR) is 86.3 cm³/mol. The Hall–Kier alpha value is -1.06. The van der Waals surface area contributed by atoms with Gasteiger partial charge >= 0.3 is 5.97 Å². The van der Waals surface area contributed by atoms with Crippen molar-refractivity contribution in [3.05, 3.63) is 34.3 Å². The van der Waals surface area contributed by atoms with Crippen molar-refractivity contribution in [3.63, 3.8) is 0 Å². The van der Waals surface area contributed by atoms with Gasteiger partial charge in [-0.2, -0.15) is 0 Å². The number of carboxylic acid groups (broad SMARTS) is 1. The molecule has 1 unspecified atom stereocenters. The fraction of sp³-hybridized carbons (Fsp3) is 0.588. The van der Waals surface area contributed by atoms with Crippen molar-refractivity contribution in [1.29, 1.82) is 0 Å². The molecule has 0 saturated carbocycles. The molecule has 0 aliphatic carbocycles. The zero-order chi connectivity index (χ0) is 16.0. The molecule has 4 heteroatoms. The summed E-state index contributed by atoms with van der Waals surface area (Å²) in [6, 6.07) is 5.04. The molecule has 1 aromatic carbocycles. The van der Waals surface area contributed by atoms with Gasteiger partial charge in [0.15, 0.2) is 0 Å². The fourth-order valence-electron chi connectivity index (χ4n) is 2.42. The van der Waals surface area contributed by atoms with Crippen LogP contribution >= 0.6 is 11.6 Å². The van der Waals surface area contributed by atoms with Crippen molar-refractivity contribution >= 4 is 17.6 Å². The van der Waals surface area contributed by atoms with Crippen molar-refractivity contribution in [2.75, 3.05) is 13.2 Å². The summed E-state index contributed by atoms with van der Waals surface area (Å²) in [5.41, 5.74) is 0.977. The van der Waals surface area contributed by atoms with Crippen molar-refractivity contribution in [3.8, 4) is 0 Å². The largest absolute Gasteiger partial charge is 0.478 e. The van der Waals surface area contributed by atoms with Gasteiger partial charge in [-0.25, -0.2) is 4.79 Å². The van der Waals surface area contributed by atoms with Gasteiger partial charge in [-0.15, -0.1) is 0 Å². The van der Waals surface area contributed by atoms with E-state index >= 15 is 0 Å². The Bertz CT molecular complexity index is 469. The molecule has 0 amide bonds. The van der Waals surface area contributed by atoms with Gasteiger partial charge < -0.3 is 9.84 Å². The Kier molecular flexibility index (Phi) is 7.20. The van der Waals surface area contributed by atoms with Gasteiger partial charge in [-0.3, -0.25) is 0 Å². The molecule has 1 rings (SSSR count). The maximum Gasteiger partial charge on any atom is 0.336 e.